The second-order valence-corrected chi connectivity index (χ2v) is 31.2. The maximum atomic E-state index is 6.50. The average molecular weight is 1030 g/mol. The Hall–Kier alpha value is -2.36. The van der Waals surface area contributed by atoms with Gasteiger partial charge in [0.2, 0.25) is 0 Å². The van der Waals surface area contributed by atoms with E-state index in [4.69, 9.17) is 26.5 Å². The monoisotopic (exact) mass is 1020 g/mol. The summed E-state index contributed by atoms with van der Waals surface area (Å²) in [6.07, 6.45) is 5.03. The number of fused-ring (bicyclic) bond motifs is 2. The Labute approximate surface area is 424 Å². The molecule has 0 amide bonds. The van der Waals surface area contributed by atoms with Crippen molar-refractivity contribution in [2.24, 2.45) is 0 Å². The van der Waals surface area contributed by atoms with Crippen LogP contribution in [0.3, 0.4) is 0 Å². The van der Waals surface area contributed by atoms with E-state index in [1.807, 2.05) is 14.2 Å². The van der Waals surface area contributed by atoms with Crippen molar-refractivity contribution >= 4 is 38.7 Å². The van der Waals surface area contributed by atoms with E-state index in [2.05, 4.69) is 199 Å². The molecular weight excluding hydrogens is 943 g/mol. The molecule has 0 N–H and O–H groups in total. The molecule has 0 bridgehead atoms. The van der Waals surface area contributed by atoms with Gasteiger partial charge < -0.3 is 9.47 Å². The van der Waals surface area contributed by atoms with Gasteiger partial charge in [-0.1, -0.05) is 209 Å². The molecule has 0 aliphatic heterocycles. The van der Waals surface area contributed by atoms with E-state index in [0.717, 1.165) is 11.5 Å². The van der Waals surface area contributed by atoms with Crippen LogP contribution in [-0.4, -0.2) is 23.7 Å². The fourth-order valence-electron chi connectivity index (χ4n) is 10.1. The van der Waals surface area contributed by atoms with Crippen molar-refractivity contribution in [3.05, 3.63) is 115 Å². The first-order valence-corrected chi connectivity index (χ1v) is 32.7. The van der Waals surface area contributed by atoms with E-state index >= 15 is 0 Å². The molecule has 6 rings (SSSR count). The Morgan fingerprint density at radius 2 is 0.727 bits per heavy atom. The summed E-state index contributed by atoms with van der Waals surface area (Å²) in [5.41, 5.74) is 21.8. The third-order valence-electron chi connectivity index (χ3n) is 14.2. The molecule has 2 unspecified atom stereocenters. The number of allylic oxidation sites excluding steroid dienone is 2. The standard InChI is InChI=1S/C60H84O2Si.2ClH.Zr/c1-35-23-45-43(31-49(59(15,16)17)53(61-21)51(45)37-25-39(55(3,4)5)29-40(26-37)56(6,7)8)47(35)33-63-34-48-36(2)24-46-44(48)32-50(60(18,19)20)54(62-22)52(46)38-27-41(57(9,10)11)30-42(28-38)58(12,13)14;;;/h23-32,47-48H,33-34,63H2,1-22H3;2*1H;/q;;;+2/p-2. The van der Waals surface area contributed by atoms with Gasteiger partial charge in [-0.2, -0.15) is 0 Å². The van der Waals surface area contributed by atoms with Gasteiger partial charge in [-0.25, -0.2) is 0 Å². The van der Waals surface area contributed by atoms with Gasteiger partial charge in [-0.3, -0.25) is 0 Å². The second-order valence-electron chi connectivity index (χ2n) is 25.7. The van der Waals surface area contributed by atoms with Crippen LogP contribution in [0.15, 0.2) is 59.7 Å². The van der Waals surface area contributed by atoms with Crippen LogP contribution in [0.1, 0.15) is 206 Å². The van der Waals surface area contributed by atoms with Gasteiger partial charge in [-0.05, 0) is 102 Å². The molecule has 0 heterocycles. The Kier molecular flexibility index (Phi) is 16.4. The number of ether oxygens (including phenoxy) is 2. The number of hydrogen-bond donors (Lipinski definition) is 0. The zero-order chi connectivity index (χ0) is 49.9. The van der Waals surface area contributed by atoms with Crippen LogP contribution in [-0.2, 0) is 53.3 Å². The van der Waals surface area contributed by atoms with E-state index in [0.29, 0.717) is 11.8 Å². The van der Waals surface area contributed by atoms with Gasteiger partial charge >= 0.3 is 37.9 Å². The Bertz CT molecular complexity index is 2260. The Morgan fingerprint density at radius 3 is 0.955 bits per heavy atom. The fraction of sp³-hybridized carbons (Fsp3) is 0.533. The van der Waals surface area contributed by atoms with Crippen LogP contribution in [0.2, 0.25) is 12.1 Å². The van der Waals surface area contributed by atoms with Gasteiger partial charge in [0.25, 0.3) is 0 Å². The molecule has 0 radical (unpaired) electrons. The number of hydrogen-bond acceptors (Lipinski definition) is 2. The molecule has 66 heavy (non-hydrogen) atoms. The molecule has 4 aromatic carbocycles. The van der Waals surface area contributed by atoms with Crippen molar-refractivity contribution in [2.75, 3.05) is 14.2 Å². The second kappa shape index (κ2) is 19.8. The summed E-state index contributed by atoms with van der Waals surface area (Å²) in [5.74, 6) is 2.90. The van der Waals surface area contributed by atoms with Gasteiger partial charge in [0.15, 0.2) is 0 Å². The first-order valence-electron chi connectivity index (χ1n) is 24.3. The van der Waals surface area contributed by atoms with Crippen molar-refractivity contribution in [3.8, 4) is 33.8 Å². The van der Waals surface area contributed by atoms with E-state index in [-0.39, 0.29) is 32.5 Å². The van der Waals surface area contributed by atoms with Crippen LogP contribution in [0.25, 0.3) is 34.4 Å². The predicted octanol–water partition coefficient (Wildman–Crippen LogP) is 17.9. The third-order valence-corrected chi connectivity index (χ3v) is 16.2. The van der Waals surface area contributed by atoms with Crippen molar-refractivity contribution in [1.82, 2.24) is 0 Å². The fourth-order valence-corrected chi connectivity index (χ4v) is 12.7. The predicted molar refractivity (Wildman–Crippen MR) is 292 cm³/mol. The van der Waals surface area contributed by atoms with Crippen LogP contribution < -0.4 is 9.47 Å². The van der Waals surface area contributed by atoms with Gasteiger partial charge in [0.1, 0.15) is 11.5 Å². The molecule has 0 saturated carbocycles. The minimum atomic E-state index is -0.826. The molecule has 2 aliphatic carbocycles. The molecule has 4 aromatic rings. The van der Waals surface area contributed by atoms with Gasteiger partial charge in [0.05, 0.1) is 14.2 Å². The summed E-state index contributed by atoms with van der Waals surface area (Å²) in [5, 5.41) is 0. The molecule has 2 aliphatic rings. The zero-order valence-electron chi connectivity index (χ0n) is 45.1. The Balaban J connectivity index is 0.00000265. The Morgan fingerprint density at radius 1 is 0.455 bits per heavy atom. The topological polar surface area (TPSA) is 18.5 Å². The van der Waals surface area contributed by atoms with E-state index in [1.165, 1.54) is 101 Å². The summed E-state index contributed by atoms with van der Waals surface area (Å²) >= 11 is -0.826. The summed E-state index contributed by atoms with van der Waals surface area (Å²) < 4.78 is 13.0. The molecule has 6 heteroatoms. The molecule has 2 nitrogen and oxygen atoms in total. The number of methoxy groups -OCH3 is 2. The quantitative estimate of drug-likeness (QED) is 0.164. The van der Waals surface area contributed by atoms with Crippen molar-refractivity contribution < 1.29 is 30.3 Å². The van der Waals surface area contributed by atoms with Crippen molar-refractivity contribution in [2.45, 2.75) is 195 Å². The SMILES string of the molecule is COc1c(C(C)(C)C)cc2c(c1-c1cc(C(C)(C)C)cc(C(C)(C)C)c1)C=C(C)C2C[SiH2]CC1C(C)=Cc2c1cc(C(C)(C)C)c(OC)c2-c1cc(C(C)(C)C)cc(C(C)(C)C)c1.[Cl][Zr][Cl]. The zero-order valence-corrected chi connectivity index (χ0v) is 50.5. The van der Waals surface area contributed by atoms with E-state index in [9.17, 15) is 0 Å². The van der Waals surface area contributed by atoms with Gasteiger partial charge in [0, 0.05) is 43.6 Å². The number of halogens is 2. The first-order chi connectivity index (χ1) is 30.2. The number of rotatable bonds is 8. The van der Waals surface area contributed by atoms with Crippen molar-refractivity contribution in [1.29, 1.82) is 0 Å². The van der Waals surface area contributed by atoms with Crippen LogP contribution in [0.5, 0.6) is 11.5 Å². The maximum absolute atomic E-state index is 6.50. The van der Waals surface area contributed by atoms with Gasteiger partial charge in [-0.15, -0.1) is 0 Å². The third kappa shape index (κ3) is 11.6. The van der Waals surface area contributed by atoms with Crippen LogP contribution in [0, 0.1) is 0 Å². The first kappa shape index (κ1) is 54.6. The van der Waals surface area contributed by atoms with E-state index < -0.39 is 30.4 Å². The molecule has 0 fully saturated rings. The van der Waals surface area contributed by atoms with Crippen molar-refractivity contribution in [3.63, 3.8) is 0 Å². The van der Waals surface area contributed by atoms with Crippen LogP contribution >= 0.6 is 17.0 Å². The molecule has 0 saturated heterocycles. The molecule has 0 spiro atoms. The normalized spacial score (nSPS) is 16.7. The van der Waals surface area contributed by atoms with Crippen LogP contribution in [0.4, 0.5) is 0 Å². The molecule has 0 aromatic heterocycles. The average Bonchev–Trinajstić information content (AvgIpc) is 3.67. The number of benzene rings is 4. The summed E-state index contributed by atoms with van der Waals surface area (Å²) in [6.45, 7) is 46.9. The molecule has 2 atom stereocenters. The molecule has 358 valence electrons. The summed E-state index contributed by atoms with van der Waals surface area (Å²) in [6, 6.07) is 22.2. The molecular formula is C60H84Cl2O2SiZr. The summed E-state index contributed by atoms with van der Waals surface area (Å²) in [4.78, 5) is 0. The van der Waals surface area contributed by atoms with E-state index in [1.54, 1.807) is 0 Å². The minimum absolute atomic E-state index is 0.0186. The summed E-state index contributed by atoms with van der Waals surface area (Å²) in [7, 11) is 13.1.